The first kappa shape index (κ1) is 25.1. The highest BCUT2D eigenvalue weighted by Crippen LogP contribution is 2.43. The second kappa shape index (κ2) is 9.58. The molecule has 4 rings (SSSR count). The second-order valence-corrected chi connectivity index (χ2v) is 10.6. The maximum atomic E-state index is 14.2. The van der Waals surface area contributed by atoms with E-state index in [1.54, 1.807) is 11.8 Å². The van der Waals surface area contributed by atoms with E-state index in [4.69, 9.17) is 11.6 Å². The fraction of sp³-hybridized carbons (Fsp3) is 0.240. The number of aliphatic hydroxyl groups is 1. The van der Waals surface area contributed by atoms with Crippen molar-refractivity contribution in [2.45, 2.75) is 24.0 Å². The molecule has 3 aromatic rings. The van der Waals surface area contributed by atoms with Crippen LogP contribution < -0.4 is 4.90 Å². The molecule has 0 bridgehead atoms. The minimum atomic E-state index is -4.07. The van der Waals surface area contributed by atoms with Crippen molar-refractivity contribution in [2.75, 3.05) is 25.6 Å². The van der Waals surface area contributed by atoms with E-state index in [0.717, 1.165) is 23.2 Å². The molecule has 7 nitrogen and oxygen atoms in total. The Bertz CT molecular complexity index is 1380. The first-order valence-electron chi connectivity index (χ1n) is 10.8. The molecule has 35 heavy (non-hydrogen) atoms. The number of hydrogen-bond acceptors (Lipinski definition) is 6. The Morgan fingerprint density at radius 2 is 1.86 bits per heavy atom. The quantitative estimate of drug-likeness (QED) is 0.513. The predicted molar refractivity (Wildman–Crippen MR) is 132 cm³/mol. The Hall–Kier alpha value is -2.98. The van der Waals surface area contributed by atoms with Crippen LogP contribution in [0.4, 0.5) is 15.8 Å². The van der Waals surface area contributed by atoms with Crippen LogP contribution in [-0.2, 0) is 14.8 Å². The third-order valence-corrected chi connectivity index (χ3v) is 8.37. The highest BCUT2D eigenvalue weighted by Gasteiger charge is 2.39. The molecule has 1 heterocycles. The molecule has 0 aliphatic carbocycles. The Kier molecular flexibility index (Phi) is 6.88. The van der Waals surface area contributed by atoms with E-state index < -0.39 is 34.0 Å². The van der Waals surface area contributed by atoms with Gasteiger partial charge in [0.2, 0.25) is 10.0 Å². The number of hydrogen-bond donors (Lipinski definition) is 1. The van der Waals surface area contributed by atoms with E-state index in [9.17, 15) is 22.7 Å². The molecule has 1 aliphatic heterocycles. The number of rotatable bonds is 4. The number of aliphatic hydroxyl groups excluding tert-OH is 1. The van der Waals surface area contributed by atoms with Gasteiger partial charge in [-0.3, -0.25) is 0 Å². The van der Waals surface area contributed by atoms with Gasteiger partial charge in [-0.2, -0.15) is 4.31 Å². The lowest BCUT2D eigenvalue weighted by atomic mass is 10.0. The zero-order valence-electron chi connectivity index (χ0n) is 19.3. The van der Waals surface area contributed by atoms with E-state index in [2.05, 4.69) is 4.74 Å². The van der Waals surface area contributed by atoms with Gasteiger partial charge >= 0.3 is 5.97 Å². The summed E-state index contributed by atoms with van der Waals surface area (Å²) in [6.07, 6.45) is -0.954. The number of esters is 1. The van der Waals surface area contributed by atoms with E-state index in [1.807, 2.05) is 30.3 Å². The van der Waals surface area contributed by atoms with Crippen molar-refractivity contribution in [1.82, 2.24) is 4.31 Å². The molecule has 2 atom stereocenters. The third kappa shape index (κ3) is 4.52. The standard InChI is InChI=1S/C25H24ClFN2O5S/c1-15(30)23-14-29(17-7-5-4-6-8-17)22-13-20(26)18(12-24(22)35(32,33)28(23)2)16-9-10-21(27)19(11-16)25(31)34-3/h4-13,15,23,30H,14H2,1-3H3/t15?,23-/m0/s1. The average molecular weight is 519 g/mol. The normalized spacial score (nSPS) is 18.5. The molecule has 10 heteroatoms. The van der Waals surface area contributed by atoms with Gasteiger partial charge in [0.05, 0.1) is 35.5 Å². The van der Waals surface area contributed by atoms with Gasteiger partial charge in [-0.15, -0.1) is 0 Å². The molecule has 0 saturated heterocycles. The molecule has 3 aromatic carbocycles. The molecule has 1 aliphatic rings. The molecular weight excluding hydrogens is 495 g/mol. The number of nitrogens with zero attached hydrogens (tertiary/aromatic N) is 2. The van der Waals surface area contributed by atoms with E-state index in [0.29, 0.717) is 16.8 Å². The number of benzene rings is 3. The van der Waals surface area contributed by atoms with Crippen LogP contribution in [0, 0.1) is 5.82 Å². The van der Waals surface area contributed by atoms with Crippen LogP contribution in [-0.4, -0.2) is 56.6 Å². The summed E-state index contributed by atoms with van der Waals surface area (Å²) in [5.74, 6) is -1.63. The van der Waals surface area contributed by atoms with Crippen molar-refractivity contribution in [3.63, 3.8) is 0 Å². The molecule has 0 spiro atoms. The van der Waals surface area contributed by atoms with E-state index in [-0.39, 0.29) is 22.0 Å². The zero-order valence-corrected chi connectivity index (χ0v) is 20.8. The Balaban J connectivity index is 1.98. The van der Waals surface area contributed by atoms with Crippen LogP contribution in [0.5, 0.6) is 0 Å². The number of carbonyl (C=O) groups excluding carboxylic acids is 1. The number of carbonyl (C=O) groups is 1. The van der Waals surface area contributed by atoms with Crippen LogP contribution in [0.25, 0.3) is 11.1 Å². The van der Waals surface area contributed by atoms with Crippen LogP contribution in [0.1, 0.15) is 17.3 Å². The molecular formula is C25H24ClFN2O5S. The number of halogens is 2. The Labute approximate surface area is 208 Å². The van der Waals surface area contributed by atoms with Gasteiger partial charge in [0.1, 0.15) is 10.7 Å². The molecule has 0 aromatic heterocycles. The molecule has 184 valence electrons. The molecule has 0 saturated carbocycles. The number of fused-ring (bicyclic) bond motifs is 1. The lowest BCUT2D eigenvalue weighted by molar-refractivity contribution is 0.0595. The molecule has 0 fully saturated rings. The van der Waals surface area contributed by atoms with Crippen molar-refractivity contribution < 1.29 is 27.4 Å². The van der Waals surface area contributed by atoms with Gasteiger partial charge in [0.25, 0.3) is 0 Å². The second-order valence-electron chi connectivity index (χ2n) is 8.26. The number of anilines is 2. The molecule has 1 unspecified atom stereocenters. The third-order valence-electron chi connectivity index (χ3n) is 6.14. The topological polar surface area (TPSA) is 87.2 Å². The van der Waals surface area contributed by atoms with Gasteiger partial charge in [-0.25, -0.2) is 17.6 Å². The number of para-hydroxylation sites is 1. The SMILES string of the molecule is COC(=O)c1cc(-c2cc3c(cc2Cl)N(c2ccccc2)C[C@@H](C(C)O)N(C)S3(=O)=O)ccc1F. The van der Waals surface area contributed by atoms with Crippen LogP contribution in [0.3, 0.4) is 0 Å². The lowest BCUT2D eigenvalue weighted by Crippen LogP contribution is -2.47. The summed E-state index contributed by atoms with van der Waals surface area (Å²) in [5.41, 5.74) is 1.42. The van der Waals surface area contributed by atoms with Gasteiger partial charge in [0, 0.05) is 24.8 Å². The van der Waals surface area contributed by atoms with Crippen LogP contribution in [0.2, 0.25) is 5.02 Å². The van der Waals surface area contributed by atoms with Crippen molar-refractivity contribution in [3.05, 3.63) is 77.1 Å². The first-order valence-corrected chi connectivity index (χ1v) is 12.6. The summed E-state index contributed by atoms with van der Waals surface area (Å²) in [6, 6.07) is 15.2. The summed E-state index contributed by atoms with van der Waals surface area (Å²) in [6.45, 7) is 1.73. The minimum absolute atomic E-state index is 0.0321. The number of ether oxygens (including phenoxy) is 1. The van der Waals surface area contributed by atoms with Crippen LogP contribution in [0.15, 0.2) is 65.6 Å². The monoisotopic (exact) mass is 518 g/mol. The van der Waals surface area contributed by atoms with Crippen LogP contribution >= 0.6 is 11.6 Å². The molecule has 0 amide bonds. The zero-order chi connectivity index (χ0) is 25.5. The maximum Gasteiger partial charge on any atom is 0.340 e. The summed E-state index contributed by atoms with van der Waals surface area (Å²) in [7, 11) is -1.51. The van der Waals surface area contributed by atoms with Gasteiger partial charge in [-0.1, -0.05) is 35.9 Å². The number of methoxy groups -OCH3 is 1. The minimum Gasteiger partial charge on any atom is -0.465 e. The van der Waals surface area contributed by atoms with Crippen molar-refractivity contribution in [1.29, 1.82) is 0 Å². The Morgan fingerprint density at radius 3 is 2.49 bits per heavy atom. The predicted octanol–water partition coefficient (Wildman–Crippen LogP) is 4.45. The summed E-state index contributed by atoms with van der Waals surface area (Å²) < 4.78 is 47.4. The molecule has 0 radical (unpaired) electrons. The fourth-order valence-corrected chi connectivity index (χ4v) is 6.06. The van der Waals surface area contributed by atoms with Gasteiger partial charge in [-0.05, 0) is 48.9 Å². The van der Waals surface area contributed by atoms with Gasteiger partial charge < -0.3 is 14.7 Å². The molecule has 1 N–H and O–H groups in total. The highest BCUT2D eigenvalue weighted by atomic mass is 35.5. The first-order chi connectivity index (χ1) is 16.6. The van der Waals surface area contributed by atoms with Crippen molar-refractivity contribution in [2.24, 2.45) is 0 Å². The summed E-state index contributed by atoms with van der Waals surface area (Å²) in [4.78, 5) is 13.8. The van der Waals surface area contributed by atoms with Crippen molar-refractivity contribution in [3.8, 4) is 11.1 Å². The number of likely N-dealkylation sites (N-methyl/N-ethyl adjacent to an activating group) is 1. The Morgan fingerprint density at radius 1 is 1.17 bits per heavy atom. The van der Waals surface area contributed by atoms with Gasteiger partial charge in [0.15, 0.2) is 0 Å². The van der Waals surface area contributed by atoms with E-state index >= 15 is 0 Å². The largest absolute Gasteiger partial charge is 0.465 e. The van der Waals surface area contributed by atoms with Crippen molar-refractivity contribution >= 4 is 39.0 Å². The maximum absolute atomic E-state index is 14.2. The summed E-state index contributed by atoms with van der Waals surface area (Å²) in [5, 5.41) is 10.6. The number of sulfonamides is 1. The van der Waals surface area contributed by atoms with E-state index in [1.165, 1.54) is 31.3 Å². The average Bonchev–Trinajstić information content (AvgIpc) is 2.92. The fourth-order valence-electron chi connectivity index (χ4n) is 4.18. The summed E-state index contributed by atoms with van der Waals surface area (Å²) >= 11 is 6.64. The smallest absolute Gasteiger partial charge is 0.340 e. The lowest BCUT2D eigenvalue weighted by Gasteiger charge is -2.31. The highest BCUT2D eigenvalue weighted by molar-refractivity contribution is 7.89.